The van der Waals surface area contributed by atoms with Crippen LogP contribution >= 0.6 is 27.5 Å². The number of fused-ring (bicyclic) bond motifs is 1. The lowest BCUT2D eigenvalue weighted by Crippen LogP contribution is -2.22. The second kappa shape index (κ2) is 7.52. The fraction of sp³-hybridized carbons (Fsp3) is 0.368. The van der Waals surface area contributed by atoms with Crippen molar-refractivity contribution in [2.24, 2.45) is 0 Å². The van der Waals surface area contributed by atoms with Crippen molar-refractivity contribution in [2.75, 3.05) is 5.33 Å². The van der Waals surface area contributed by atoms with Gasteiger partial charge < -0.3 is 4.74 Å². The van der Waals surface area contributed by atoms with E-state index < -0.39 is 0 Å². The van der Waals surface area contributed by atoms with Crippen LogP contribution in [-0.2, 0) is 6.42 Å². The van der Waals surface area contributed by atoms with Gasteiger partial charge in [0.15, 0.2) is 0 Å². The van der Waals surface area contributed by atoms with E-state index in [-0.39, 0.29) is 0 Å². The van der Waals surface area contributed by atoms with E-state index in [0.29, 0.717) is 6.10 Å². The highest BCUT2D eigenvalue weighted by atomic mass is 79.9. The van der Waals surface area contributed by atoms with Crippen LogP contribution in [0.4, 0.5) is 0 Å². The Balaban J connectivity index is 1.72. The van der Waals surface area contributed by atoms with Gasteiger partial charge in [0, 0.05) is 10.4 Å². The second-order valence-electron chi connectivity index (χ2n) is 5.79. The Hall–Kier alpha value is -0.990. The predicted molar refractivity (Wildman–Crippen MR) is 97.3 cm³/mol. The minimum absolute atomic E-state index is 0.382. The number of hydrogen-bond acceptors (Lipinski definition) is 1. The first kappa shape index (κ1) is 15.9. The van der Waals surface area contributed by atoms with Crippen molar-refractivity contribution in [3.05, 3.63) is 53.1 Å². The van der Waals surface area contributed by atoms with Crippen molar-refractivity contribution in [3.8, 4) is 16.9 Å². The Kier molecular flexibility index (Phi) is 5.43. The lowest BCUT2D eigenvalue weighted by atomic mass is 9.95. The molecule has 0 bridgehead atoms. The summed E-state index contributed by atoms with van der Waals surface area (Å²) in [6, 6.07) is 14.5. The quantitative estimate of drug-likeness (QED) is 0.439. The normalized spacial score (nSPS) is 16.9. The molecule has 3 rings (SSSR count). The van der Waals surface area contributed by atoms with E-state index >= 15 is 0 Å². The Morgan fingerprint density at radius 2 is 1.82 bits per heavy atom. The summed E-state index contributed by atoms with van der Waals surface area (Å²) < 4.78 is 6.15. The van der Waals surface area contributed by atoms with Crippen molar-refractivity contribution in [1.82, 2.24) is 0 Å². The number of alkyl halides is 1. The van der Waals surface area contributed by atoms with Crippen LogP contribution in [-0.4, -0.2) is 11.4 Å². The highest BCUT2D eigenvalue weighted by molar-refractivity contribution is 9.09. The van der Waals surface area contributed by atoms with Crippen LogP contribution in [0, 0.1) is 0 Å². The molecule has 2 aromatic rings. The molecule has 0 N–H and O–H groups in total. The molecule has 0 aromatic heterocycles. The van der Waals surface area contributed by atoms with Crippen LogP contribution in [0.1, 0.15) is 31.2 Å². The summed E-state index contributed by atoms with van der Waals surface area (Å²) in [5.41, 5.74) is 3.76. The summed E-state index contributed by atoms with van der Waals surface area (Å²) in [6.07, 6.45) is 6.23. The van der Waals surface area contributed by atoms with Gasteiger partial charge in [0.1, 0.15) is 5.75 Å². The molecular weight excluding hydrogens is 360 g/mol. The fourth-order valence-corrected chi connectivity index (χ4v) is 3.46. The molecule has 2 aromatic carbocycles. The number of halogens is 2. The molecule has 1 heterocycles. The van der Waals surface area contributed by atoms with Crippen molar-refractivity contribution in [2.45, 2.75) is 38.2 Å². The minimum atomic E-state index is 0.382. The van der Waals surface area contributed by atoms with Crippen LogP contribution in [0.3, 0.4) is 0 Å². The Morgan fingerprint density at radius 3 is 2.59 bits per heavy atom. The SMILES string of the molecule is Clc1ccc(-c2ccc3c(c2)CCC(CCCCBr)O3)cc1. The summed E-state index contributed by atoms with van der Waals surface area (Å²) in [6.45, 7) is 0. The molecule has 3 heteroatoms. The molecule has 1 nitrogen and oxygen atoms in total. The van der Waals surface area contributed by atoms with E-state index in [1.165, 1.54) is 29.5 Å². The predicted octanol–water partition coefficient (Wildman–Crippen LogP) is 6.27. The third kappa shape index (κ3) is 3.85. The fourth-order valence-electron chi connectivity index (χ4n) is 2.94. The molecule has 1 atom stereocenters. The Morgan fingerprint density at radius 1 is 1.05 bits per heavy atom. The molecule has 0 amide bonds. The second-order valence-corrected chi connectivity index (χ2v) is 7.02. The highest BCUT2D eigenvalue weighted by Crippen LogP contribution is 2.33. The molecule has 1 aliphatic heterocycles. The molecule has 0 saturated carbocycles. The van der Waals surface area contributed by atoms with Crippen LogP contribution < -0.4 is 4.74 Å². The van der Waals surface area contributed by atoms with E-state index in [2.05, 4.69) is 46.3 Å². The first-order valence-corrected chi connectivity index (χ1v) is 9.37. The van der Waals surface area contributed by atoms with Crippen molar-refractivity contribution in [3.63, 3.8) is 0 Å². The highest BCUT2D eigenvalue weighted by Gasteiger charge is 2.19. The average Bonchev–Trinajstić information content (AvgIpc) is 2.55. The molecule has 0 radical (unpaired) electrons. The van der Waals surface area contributed by atoms with Gasteiger partial charge in [0.05, 0.1) is 6.10 Å². The smallest absolute Gasteiger partial charge is 0.122 e. The minimum Gasteiger partial charge on any atom is -0.490 e. The van der Waals surface area contributed by atoms with Crippen molar-refractivity contribution < 1.29 is 4.74 Å². The third-order valence-corrected chi connectivity index (χ3v) is 4.99. The lowest BCUT2D eigenvalue weighted by molar-refractivity contribution is 0.161. The van der Waals surface area contributed by atoms with Gasteiger partial charge in [-0.3, -0.25) is 0 Å². The molecular formula is C19H20BrClO. The number of unbranched alkanes of at least 4 members (excludes halogenated alkanes) is 1. The maximum Gasteiger partial charge on any atom is 0.122 e. The molecule has 1 aliphatic rings. The summed E-state index contributed by atoms with van der Waals surface area (Å²) in [5.74, 6) is 1.06. The molecule has 0 saturated heterocycles. The van der Waals surface area contributed by atoms with Gasteiger partial charge in [-0.25, -0.2) is 0 Å². The molecule has 22 heavy (non-hydrogen) atoms. The zero-order valence-electron chi connectivity index (χ0n) is 12.5. The van der Waals surface area contributed by atoms with Gasteiger partial charge >= 0.3 is 0 Å². The molecule has 0 fully saturated rings. The van der Waals surface area contributed by atoms with E-state index in [4.69, 9.17) is 16.3 Å². The summed E-state index contributed by atoms with van der Waals surface area (Å²) in [4.78, 5) is 0. The molecule has 0 spiro atoms. The Labute approximate surface area is 145 Å². The van der Waals surface area contributed by atoms with Gasteiger partial charge in [0.25, 0.3) is 0 Å². The van der Waals surface area contributed by atoms with Gasteiger partial charge in [-0.1, -0.05) is 45.7 Å². The number of rotatable bonds is 5. The van der Waals surface area contributed by atoms with E-state index in [9.17, 15) is 0 Å². The summed E-state index contributed by atoms with van der Waals surface area (Å²) in [5, 5.41) is 1.86. The zero-order valence-corrected chi connectivity index (χ0v) is 14.9. The van der Waals surface area contributed by atoms with Gasteiger partial charge in [-0.15, -0.1) is 0 Å². The monoisotopic (exact) mass is 378 g/mol. The third-order valence-electron chi connectivity index (χ3n) is 4.18. The maximum absolute atomic E-state index is 6.15. The van der Waals surface area contributed by atoms with Crippen LogP contribution in [0.2, 0.25) is 5.02 Å². The van der Waals surface area contributed by atoms with E-state index in [1.807, 2.05) is 12.1 Å². The van der Waals surface area contributed by atoms with E-state index in [0.717, 1.165) is 35.4 Å². The van der Waals surface area contributed by atoms with Gasteiger partial charge in [-0.2, -0.15) is 0 Å². The first-order valence-electron chi connectivity index (χ1n) is 7.88. The molecule has 0 aliphatic carbocycles. The zero-order chi connectivity index (χ0) is 15.4. The number of hydrogen-bond donors (Lipinski definition) is 0. The summed E-state index contributed by atoms with van der Waals surface area (Å²) >= 11 is 9.45. The average molecular weight is 380 g/mol. The topological polar surface area (TPSA) is 9.23 Å². The van der Waals surface area contributed by atoms with E-state index in [1.54, 1.807) is 0 Å². The van der Waals surface area contributed by atoms with Crippen LogP contribution in [0.15, 0.2) is 42.5 Å². The largest absolute Gasteiger partial charge is 0.490 e. The maximum atomic E-state index is 6.15. The first-order chi connectivity index (χ1) is 10.8. The van der Waals surface area contributed by atoms with Crippen molar-refractivity contribution >= 4 is 27.5 Å². The van der Waals surface area contributed by atoms with Crippen LogP contribution in [0.25, 0.3) is 11.1 Å². The number of benzene rings is 2. The number of aryl methyl sites for hydroxylation is 1. The Bertz CT molecular complexity index is 624. The summed E-state index contributed by atoms with van der Waals surface area (Å²) in [7, 11) is 0. The molecule has 116 valence electrons. The van der Waals surface area contributed by atoms with Crippen LogP contribution in [0.5, 0.6) is 5.75 Å². The van der Waals surface area contributed by atoms with Gasteiger partial charge in [-0.05, 0) is 73.1 Å². The molecule has 1 unspecified atom stereocenters. The lowest BCUT2D eigenvalue weighted by Gasteiger charge is -2.26. The van der Waals surface area contributed by atoms with Crippen molar-refractivity contribution in [1.29, 1.82) is 0 Å². The van der Waals surface area contributed by atoms with Gasteiger partial charge in [0.2, 0.25) is 0 Å². The standard InChI is InChI=1S/C19H20BrClO/c20-12-2-1-3-18-10-6-16-13-15(7-11-19(16)22-18)14-4-8-17(21)9-5-14/h4-5,7-9,11,13,18H,1-3,6,10,12H2. The number of ether oxygens (including phenoxy) is 1.